The number of carbonyl (C=O) groups excluding carboxylic acids is 1. The molecule has 1 unspecified atom stereocenters. The van der Waals surface area contributed by atoms with Crippen LogP contribution in [-0.4, -0.2) is 70.9 Å². The molecule has 1 fully saturated rings. The second-order valence-electron chi connectivity index (χ2n) is 6.31. The van der Waals surface area contributed by atoms with Gasteiger partial charge in [0.2, 0.25) is 15.9 Å². The first-order valence-electron chi connectivity index (χ1n) is 8.62. The summed E-state index contributed by atoms with van der Waals surface area (Å²) < 4.78 is 30.8. The number of sulfonamides is 1. The predicted molar refractivity (Wildman–Crippen MR) is 103 cm³/mol. The van der Waals surface area contributed by atoms with E-state index in [1.165, 1.54) is 6.07 Å². The van der Waals surface area contributed by atoms with Crippen LogP contribution in [-0.2, 0) is 19.6 Å². The van der Waals surface area contributed by atoms with Crippen molar-refractivity contribution in [3.8, 4) is 0 Å². The summed E-state index contributed by atoms with van der Waals surface area (Å²) in [5, 5.41) is 3.23. The number of amides is 1. The van der Waals surface area contributed by atoms with E-state index in [0.717, 1.165) is 49.8 Å². The van der Waals surface area contributed by atoms with E-state index < -0.39 is 16.1 Å². The van der Waals surface area contributed by atoms with Crippen LogP contribution in [0.3, 0.4) is 0 Å². The molecule has 0 radical (unpaired) electrons. The molecule has 0 saturated carbocycles. The van der Waals surface area contributed by atoms with Gasteiger partial charge in [0.05, 0.1) is 25.2 Å². The van der Waals surface area contributed by atoms with Crippen LogP contribution in [0.5, 0.6) is 0 Å². The largest absolute Gasteiger partial charge is 0.379 e. The monoisotopic (exact) mass is 403 g/mol. The van der Waals surface area contributed by atoms with E-state index in [4.69, 9.17) is 16.3 Å². The minimum atomic E-state index is -3.63. The van der Waals surface area contributed by atoms with E-state index >= 15 is 0 Å². The van der Waals surface area contributed by atoms with Crippen molar-refractivity contribution in [2.45, 2.75) is 19.4 Å². The van der Waals surface area contributed by atoms with Gasteiger partial charge in [0.25, 0.3) is 0 Å². The maximum absolute atomic E-state index is 12.5. The molecule has 0 aromatic heterocycles. The first kappa shape index (κ1) is 21.0. The molecule has 1 amide bonds. The Morgan fingerprint density at radius 1 is 1.38 bits per heavy atom. The second kappa shape index (κ2) is 9.55. The molecule has 0 bridgehead atoms. The highest BCUT2D eigenvalue weighted by molar-refractivity contribution is 7.92. The highest BCUT2D eigenvalue weighted by Gasteiger charge is 2.29. The smallest absolute Gasteiger partial charge is 0.243 e. The van der Waals surface area contributed by atoms with Crippen LogP contribution >= 0.6 is 11.6 Å². The number of rotatable bonds is 8. The molecule has 1 saturated heterocycles. The van der Waals surface area contributed by atoms with Gasteiger partial charge < -0.3 is 10.1 Å². The van der Waals surface area contributed by atoms with Crippen molar-refractivity contribution in [2.75, 3.05) is 50.0 Å². The van der Waals surface area contributed by atoms with Crippen LogP contribution in [0, 0.1) is 0 Å². The van der Waals surface area contributed by atoms with Gasteiger partial charge in [-0.15, -0.1) is 0 Å². The Labute approximate surface area is 160 Å². The lowest BCUT2D eigenvalue weighted by atomic mass is 10.2. The number of benzene rings is 1. The fourth-order valence-electron chi connectivity index (χ4n) is 2.91. The molecule has 1 N–H and O–H groups in total. The van der Waals surface area contributed by atoms with Crippen LogP contribution in [0.2, 0.25) is 5.02 Å². The maximum atomic E-state index is 12.5. The highest BCUT2D eigenvalue weighted by Crippen LogP contribution is 2.24. The minimum Gasteiger partial charge on any atom is -0.379 e. The van der Waals surface area contributed by atoms with Gasteiger partial charge in [0.1, 0.15) is 6.04 Å². The number of ether oxygens (including phenoxy) is 1. The van der Waals surface area contributed by atoms with E-state index in [1.807, 2.05) is 0 Å². The summed E-state index contributed by atoms with van der Waals surface area (Å²) in [5.74, 6) is -0.336. The molecule has 26 heavy (non-hydrogen) atoms. The molecule has 146 valence electrons. The zero-order valence-electron chi connectivity index (χ0n) is 15.2. The van der Waals surface area contributed by atoms with Gasteiger partial charge >= 0.3 is 0 Å². The maximum Gasteiger partial charge on any atom is 0.243 e. The molecule has 9 heteroatoms. The number of anilines is 1. The van der Waals surface area contributed by atoms with E-state index in [9.17, 15) is 13.2 Å². The molecule has 1 aromatic rings. The van der Waals surface area contributed by atoms with Crippen LogP contribution < -0.4 is 9.62 Å². The average Bonchev–Trinajstić information content (AvgIpc) is 2.58. The predicted octanol–water partition coefficient (Wildman–Crippen LogP) is 1.33. The lowest BCUT2D eigenvalue weighted by molar-refractivity contribution is -0.121. The summed E-state index contributed by atoms with van der Waals surface area (Å²) in [6.07, 6.45) is 1.88. The van der Waals surface area contributed by atoms with Crippen LogP contribution in [0.15, 0.2) is 24.3 Å². The average molecular weight is 404 g/mol. The van der Waals surface area contributed by atoms with Crippen molar-refractivity contribution >= 4 is 33.2 Å². The fraction of sp³-hybridized carbons (Fsp3) is 0.588. The third-order valence-electron chi connectivity index (χ3n) is 4.21. The molecule has 2 rings (SSSR count). The third-order valence-corrected chi connectivity index (χ3v) is 5.68. The highest BCUT2D eigenvalue weighted by atomic mass is 35.5. The standard InChI is InChI=1S/C17H26ClN3O4S/c1-14(17(22)19-7-4-8-20-9-11-25-12-10-20)21(26(2,23)24)16-6-3-5-15(18)13-16/h3,5-6,13-14H,4,7-12H2,1-2H3,(H,19,22). The number of nitrogens with zero attached hydrogens (tertiary/aromatic N) is 2. The third kappa shape index (κ3) is 6.12. The van der Waals surface area contributed by atoms with E-state index in [0.29, 0.717) is 17.3 Å². The van der Waals surface area contributed by atoms with Gasteiger partial charge in [-0.25, -0.2) is 8.42 Å². The van der Waals surface area contributed by atoms with Crippen LogP contribution in [0.4, 0.5) is 5.69 Å². The van der Waals surface area contributed by atoms with Crippen molar-refractivity contribution < 1.29 is 17.9 Å². The van der Waals surface area contributed by atoms with E-state index in [1.54, 1.807) is 25.1 Å². The van der Waals surface area contributed by atoms with Crippen molar-refractivity contribution in [3.63, 3.8) is 0 Å². The molecule has 7 nitrogen and oxygen atoms in total. The molecular formula is C17H26ClN3O4S. The Morgan fingerprint density at radius 3 is 2.69 bits per heavy atom. The zero-order valence-corrected chi connectivity index (χ0v) is 16.7. The minimum absolute atomic E-state index is 0.336. The fourth-order valence-corrected chi connectivity index (χ4v) is 4.26. The molecule has 0 aliphatic carbocycles. The topological polar surface area (TPSA) is 79.0 Å². The molecule has 1 aliphatic heterocycles. The van der Waals surface area contributed by atoms with Gasteiger partial charge in [0, 0.05) is 24.7 Å². The van der Waals surface area contributed by atoms with Crippen molar-refractivity contribution in [1.29, 1.82) is 0 Å². The van der Waals surface area contributed by atoms with Crippen molar-refractivity contribution in [3.05, 3.63) is 29.3 Å². The SMILES string of the molecule is CC(C(=O)NCCCN1CCOCC1)N(c1cccc(Cl)c1)S(C)(=O)=O. The van der Waals surface area contributed by atoms with Gasteiger partial charge in [-0.3, -0.25) is 14.0 Å². The van der Waals surface area contributed by atoms with Crippen molar-refractivity contribution in [1.82, 2.24) is 10.2 Å². The van der Waals surface area contributed by atoms with Gasteiger partial charge in [-0.05, 0) is 38.1 Å². The lowest BCUT2D eigenvalue weighted by Crippen LogP contribution is -2.48. The summed E-state index contributed by atoms with van der Waals surface area (Å²) in [7, 11) is -3.63. The summed E-state index contributed by atoms with van der Waals surface area (Å²) in [6, 6.07) is 5.59. The molecule has 1 aromatic carbocycles. The van der Waals surface area contributed by atoms with Gasteiger partial charge in [-0.2, -0.15) is 0 Å². The quantitative estimate of drug-likeness (QED) is 0.662. The van der Waals surface area contributed by atoms with Gasteiger partial charge in [-0.1, -0.05) is 17.7 Å². The number of hydrogen-bond donors (Lipinski definition) is 1. The van der Waals surface area contributed by atoms with E-state index in [2.05, 4.69) is 10.2 Å². The number of nitrogens with one attached hydrogen (secondary N) is 1. The van der Waals surface area contributed by atoms with Crippen LogP contribution in [0.25, 0.3) is 0 Å². The number of carbonyl (C=O) groups is 1. The van der Waals surface area contributed by atoms with E-state index in [-0.39, 0.29) is 5.91 Å². The van der Waals surface area contributed by atoms with Crippen LogP contribution in [0.1, 0.15) is 13.3 Å². The Kier molecular flexibility index (Phi) is 7.69. The molecule has 0 spiro atoms. The molecule has 1 heterocycles. The summed E-state index contributed by atoms with van der Waals surface area (Å²) in [6.45, 7) is 6.23. The number of halogens is 1. The number of hydrogen-bond acceptors (Lipinski definition) is 5. The number of morpholine rings is 1. The van der Waals surface area contributed by atoms with Crippen molar-refractivity contribution in [2.24, 2.45) is 0 Å². The zero-order chi connectivity index (χ0) is 19.2. The Balaban J connectivity index is 1.92. The first-order valence-corrected chi connectivity index (χ1v) is 10.8. The molecule has 1 atom stereocenters. The first-order chi connectivity index (χ1) is 12.3. The summed E-state index contributed by atoms with van der Waals surface area (Å²) in [4.78, 5) is 14.7. The summed E-state index contributed by atoms with van der Waals surface area (Å²) >= 11 is 5.96. The molecule has 1 aliphatic rings. The Bertz CT molecular complexity index is 708. The lowest BCUT2D eigenvalue weighted by Gasteiger charge is -2.29. The Morgan fingerprint density at radius 2 is 2.08 bits per heavy atom. The normalized spacial score (nSPS) is 16.9. The summed E-state index contributed by atoms with van der Waals surface area (Å²) in [5.41, 5.74) is 0.371. The second-order valence-corrected chi connectivity index (χ2v) is 8.61. The van der Waals surface area contributed by atoms with Gasteiger partial charge in [0.15, 0.2) is 0 Å². The molecular weight excluding hydrogens is 378 g/mol. The Hall–Kier alpha value is -1.35.